The van der Waals surface area contributed by atoms with E-state index in [2.05, 4.69) is 5.32 Å². The van der Waals surface area contributed by atoms with Gasteiger partial charge < -0.3 is 10.2 Å². The number of anilines is 1. The van der Waals surface area contributed by atoms with E-state index < -0.39 is 0 Å². The van der Waals surface area contributed by atoms with Crippen LogP contribution in [0, 0.1) is 5.82 Å². The van der Waals surface area contributed by atoms with E-state index >= 15 is 0 Å². The fraction of sp³-hybridized carbons (Fsp3) is 0.417. The SMILES string of the molecule is CNCc1ccc(F)cc1N1CCCC1=O. The molecule has 1 N–H and O–H groups in total. The van der Waals surface area contributed by atoms with E-state index in [9.17, 15) is 9.18 Å². The first kappa shape index (κ1) is 11.1. The van der Waals surface area contributed by atoms with Crippen molar-refractivity contribution in [1.82, 2.24) is 5.32 Å². The second kappa shape index (κ2) is 4.61. The highest BCUT2D eigenvalue weighted by atomic mass is 19.1. The minimum atomic E-state index is -0.297. The number of hydrogen-bond donors (Lipinski definition) is 1. The Kier molecular flexibility index (Phi) is 3.19. The number of carbonyl (C=O) groups excluding carboxylic acids is 1. The molecular formula is C12H15FN2O. The molecule has 0 aliphatic carbocycles. The van der Waals surface area contributed by atoms with Gasteiger partial charge in [0.2, 0.25) is 5.91 Å². The predicted octanol–water partition coefficient (Wildman–Crippen LogP) is 1.67. The molecule has 1 amide bonds. The minimum absolute atomic E-state index is 0.0861. The summed E-state index contributed by atoms with van der Waals surface area (Å²) < 4.78 is 13.2. The van der Waals surface area contributed by atoms with Crippen LogP contribution in [0.25, 0.3) is 0 Å². The van der Waals surface area contributed by atoms with Crippen LogP contribution >= 0.6 is 0 Å². The summed E-state index contributed by atoms with van der Waals surface area (Å²) in [7, 11) is 1.83. The van der Waals surface area contributed by atoms with Crippen LogP contribution in [0.4, 0.5) is 10.1 Å². The lowest BCUT2D eigenvalue weighted by Gasteiger charge is -2.19. The fourth-order valence-electron chi connectivity index (χ4n) is 2.03. The van der Waals surface area contributed by atoms with E-state index in [4.69, 9.17) is 0 Å². The monoisotopic (exact) mass is 222 g/mol. The number of rotatable bonds is 3. The van der Waals surface area contributed by atoms with Crippen molar-refractivity contribution in [1.29, 1.82) is 0 Å². The fourth-order valence-corrected chi connectivity index (χ4v) is 2.03. The van der Waals surface area contributed by atoms with Crippen LogP contribution in [0.5, 0.6) is 0 Å². The molecule has 0 spiro atoms. The van der Waals surface area contributed by atoms with Gasteiger partial charge in [0.1, 0.15) is 5.82 Å². The van der Waals surface area contributed by atoms with Gasteiger partial charge in [0, 0.05) is 19.5 Å². The van der Waals surface area contributed by atoms with Crippen LogP contribution in [0.1, 0.15) is 18.4 Å². The Balaban J connectivity index is 2.36. The molecule has 4 heteroatoms. The molecule has 0 saturated carbocycles. The number of benzene rings is 1. The van der Waals surface area contributed by atoms with Gasteiger partial charge in [-0.3, -0.25) is 4.79 Å². The summed E-state index contributed by atoms with van der Waals surface area (Å²) in [6, 6.07) is 4.60. The maximum Gasteiger partial charge on any atom is 0.227 e. The second-order valence-corrected chi connectivity index (χ2v) is 3.95. The molecule has 2 rings (SSSR count). The van der Waals surface area contributed by atoms with E-state index in [1.165, 1.54) is 12.1 Å². The zero-order valence-electron chi connectivity index (χ0n) is 9.29. The molecule has 1 aliphatic heterocycles. The van der Waals surface area contributed by atoms with Crippen molar-refractivity contribution in [2.45, 2.75) is 19.4 Å². The summed E-state index contributed by atoms with van der Waals surface area (Å²) >= 11 is 0. The van der Waals surface area contributed by atoms with E-state index in [0.29, 0.717) is 25.2 Å². The molecule has 0 unspecified atom stereocenters. The van der Waals surface area contributed by atoms with Crippen molar-refractivity contribution in [2.24, 2.45) is 0 Å². The Bertz CT molecular complexity index is 406. The minimum Gasteiger partial charge on any atom is -0.316 e. The first-order valence-corrected chi connectivity index (χ1v) is 5.46. The molecule has 1 saturated heterocycles. The molecule has 1 fully saturated rings. The Labute approximate surface area is 94.3 Å². The van der Waals surface area contributed by atoms with Crippen LogP contribution in [0.3, 0.4) is 0 Å². The summed E-state index contributed by atoms with van der Waals surface area (Å²) in [4.78, 5) is 13.3. The lowest BCUT2D eigenvalue weighted by atomic mass is 10.1. The van der Waals surface area contributed by atoms with Crippen molar-refractivity contribution in [3.8, 4) is 0 Å². The molecule has 1 aromatic carbocycles. The van der Waals surface area contributed by atoms with Crippen molar-refractivity contribution in [3.05, 3.63) is 29.6 Å². The highest BCUT2D eigenvalue weighted by molar-refractivity contribution is 5.96. The average molecular weight is 222 g/mol. The molecule has 0 aromatic heterocycles. The number of hydrogen-bond acceptors (Lipinski definition) is 2. The molecule has 1 aliphatic rings. The standard InChI is InChI=1S/C12H15FN2O/c1-14-8-9-4-5-10(13)7-11(9)15-6-2-3-12(15)16/h4-5,7,14H,2-3,6,8H2,1H3. The Morgan fingerprint density at radius 1 is 1.50 bits per heavy atom. The van der Waals surface area contributed by atoms with E-state index in [1.807, 2.05) is 7.05 Å². The maximum absolute atomic E-state index is 13.2. The third-order valence-corrected chi connectivity index (χ3v) is 2.78. The molecule has 0 radical (unpaired) electrons. The van der Waals surface area contributed by atoms with E-state index in [1.54, 1.807) is 11.0 Å². The number of nitrogens with one attached hydrogen (secondary N) is 1. The normalized spacial score (nSPS) is 15.9. The van der Waals surface area contributed by atoms with Gasteiger partial charge in [0.15, 0.2) is 0 Å². The summed E-state index contributed by atoms with van der Waals surface area (Å²) in [6.45, 7) is 1.33. The number of carbonyl (C=O) groups is 1. The van der Waals surface area contributed by atoms with Crippen molar-refractivity contribution >= 4 is 11.6 Å². The van der Waals surface area contributed by atoms with Gasteiger partial charge >= 0.3 is 0 Å². The summed E-state index contributed by atoms with van der Waals surface area (Å²) in [5.74, 6) is -0.211. The van der Waals surface area contributed by atoms with Crippen molar-refractivity contribution in [3.63, 3.8) is 0 Å². The average Bonchev–Trinajstić information content (AvgIpc) is 2.67. The zero-order chi connectivity index (χ0) is 11.5. The van der Waals surface area contributed by atoms with E-state index in [-0.39, 0.29) is 11.7 Å². The van der Waals surface area contributed by atoms with Gasteiger partial charge in [-0.05, 0) is 31.2 Å². The number of nitrogens with zero attached hydrogens (tertiary/aromatic N) is 1. The lowest BCUT2D eigenvalue weighted by molar-refractivity contribution is -0.117. The molecule has 0 bridgehead atoms. The van der Waals surface area contributed by atoms with Gasteiger partial charge in [0.05, 0.1) is 5.69 Å². The molecule has 3 nitrogen and oxygen atoms in total. The second-order valence-electron chi connectivity index (χ2n) is 3.95. The molecule has 0 atom stereocenters. The maximum atomic E-state index is 13.2. The van der Waals surface area contributed by atoms with Gasteiger partial charge in [-0.15, -0.1) is 0 Å². The lowest BCUT2D eigenvalue weighted by Crippen LogP contribution is -2.25. The quantitative estimate of drug-likeness (QED) is 0.843. The molecular weight excluding hydrogens is 207 g/mol. The highest BCUT2D eigenvalue weighted by Crippen LogP contribution is 2.26. The predicted molar refractivity (Wildman–Crippen MR) is 60.8 cm³/mol. The van der Waals surface area contributed by atoms with Gasteiger partial charge in [0.25, 0.3) is 0 Å². The van der Waals surface area contributed by atoms with Gasteiger partial charge in [-0.1, -0.05) is 6.07 Å². The first-order chi connectivity index (χ1) is 7.72. The van der Waals surface area contributed by atoms with Crippen LogP contribution < -0.4 is 10.2 Å². The molecule has 16 heavy (non-hydrogen) atoms. The number of amides is 1. The Morgan fingerprint density at radius 3 is 2.94 bits per heavy atom. The van der Waals surface area contributed by atoms with Crippen molar-refractivity contribution < 1.29 is 9.18 Å². The third kappa shape index (κ3) is 2.07. The van der Waals surface area contributed by atoms with Gasteiger partial charge in [-0.25, -0.2) is 4.39 Å². The largest absolute Gasteiger partial charge is 0.316 e. The van der Waals surface area contributed by atoms with Gasteiger partial charge in [-0.2, -0.15) is 0 Å². The zero-order valence-corrected chi connectivity index (χ0v) is 9.29. The van der Waals surface area contributed by atoms with Crippen LogP contribution in [-0.2, 0) is 11.3 Å². The third-order valence-electron chi connectivity index (χ3n) is 2.78. The van der Waals surface area contributed by atoms with Crippen LogP contribution in [-0.4, -0.2) is 19.5 Å². The molecule has 1 aromatic rings. The topological polar surface area (TPSA) is 32.3 Å². The first-order valence-electron chi connectivity index (χ1n) is 5.46. The smallest absolute Gasteiger partial charge is 0.227 e. The van der Waals surface area contributed by atoms with Crippen molar-refractivity contribution in [2.75, 3.05) is 18.5 Å². The Hall–Kier alpha value is -1.42. The molecule has 1 heterocycles. The van der Waals surface area contributed by atoms with Crippen LogP contribution in [0.15, 0.2) is 18.2 Å². The van der Waals surface area contributed by atoms with E-state index in [0.717, 1.165) is 12.0 Å². The highest BCUT2D eigenvalue weighted by Gasteiger charge is 2.23. The summed E-state index contributed by atoms with van der Waals surface area (Å²) in [5.41, 5.74) is 1.66. The molecule has 86 valence electrons. The number of halogens is 1. The summed E-state index contributed by atoms with van der Waals surface area (Å²) in [6.07, 6.45) is 1.42. The summed E-state index contributed by atoms with van der Waals surface area (Å²) in [5, 5.41) is 3.02. The Morgan fingerprint density at radius 2 is 2.31 bits per heavy atom. The van der Waals surface area contributed by atoms with Crippen LogP contribution in [0.2, 0.25) is 0 Å².